The van der Waals surface area contributed by atoms with E-state index < -0.39 is 0 Å². The Morgan fingerprint density at radius 2 is 1.94 bits per heavy atom. The predicted molar refractivity (Wildman–Crippen MR) is 74.0 cm³/mol. The van der Waals surface area contributed by atoms with Crippen molar-refractivity contribution in [2.45, 2.75) is 72.4 Å². The number of nitrogens with one attached hydrogen (secondary N) is 1. The topological polar surface area (TPSA) is 32.3 Å². The van der Waals surface area contributed by atoms with Gasteiger partial charge >= 0.3 is 0 Å². The minimum atomic E-state index is -0.173. The zero-order valence-corrected chi connectivity index (χ0v) is 12.3. The van der Waals surface area contributed by atoms with Crippen LogP contribution in [0.1, 0.15) is 60.3 Å². The van der Waals surface area contributed by atoms with E-state index in [0.29, 0.717) is 17.4 Å². The molecular formula is C15H31NO. The van der Waals surface area contributed by atoms with Crippen molar-refractivity contribution in [1.29, 1.82) is 0 Å². The fourth-order valence-electron chi connectivity index (χ4n) is 3.54. The van der Waals surface area contributed by atoms with Crippen molar-refractivity contribution in [3.8, 4) is 0 Å². The van der Waals surface area contributed by atoms with Crippen molar-refractivity contribution in [3.63, 3.8) is 0 Å². The van der Waals surface area contributed by atoms with Gasteiger partial charge < -0.3 is 10.4 Å². The van der Waals surface area contributed by atoms with Gasteiger partial charge in [0.05, 0.1) is 6.10 Å². The molecule has 1 saturated carbocycles. The lowest BCUT2D eigenvalue weighted by Crippen LogP contribution is -2.41. The molecule has 0 aromatic heterocycles. The Balaban J connectivity index is 2.31. The van der Waals surface area contributed by atoms with Crippen LogP contribution >= 0.6 is 0 Å². The number of aliphatic hydroxyl groups is 1. The van der Waals surface area contributed by atoms with Gasteiger partial charge in [0.25, 0.3) is 0 Å². The van der Waals surface area contributed by atoms with Crippen LogP contribution in [0.5, 0.6) is 0 Å². The van der Waals surface area contributed by atoms with E-state index in [-0.39, 0.29) is 6.10 Å². The molecule has 0 aromatic carbocycles. The fourth-order valence-corrected chi connectivity index (χ4v) is 3.54. The molecule has 4 unspecified atom stereocenters. The molecule has 1 rings (SSSR count). The van der Waals surface area contributed by atoms with Crippen LogP contribution < -0.4 is 5.32 Å². The third-order valence-corrected chi connectivity index (χ3v) is 3.89. The van der Waals surface area contributed by atoms with Gasteiger partial charge in [0.2, 0.25) is 0 Å². The average molecular weight is 241 g/mol. The molecule has 1 fully saturated rings. The maximum atomic E-state index is 9.36. The largest absolute Gasteiger partial charge is 0.393 e. The van der Waals surface area contributed by atoms with Crippen LogP contribution in [-0.4, -0.2) is 23.8 Å². The van der Waals surface area contributed by atoms with Crippen LogP contribution in [0.2, 0.25) is 0 Å². The molecule has 4 atom stereocenters. The van der Waals surface area contributed by atoms with Crippen LogP contribution in [0.4, 0.5) is 0 Å². The highest BCUT2D eigenvalue weighted by Crippen LogP contribution is 2.38. The highest BCUT2D eigenvalue weighted by atomic mass is 16.3. The van der Waals surface area contributed by atoms with Gasteiger partial charge in [-0.15, -0.1) is 0 Å². The molecule has 1 aliphatic carbocycles. The molecule has 0 saturated heterocycles. The molecule has 0 spiro atoms. The van der Waals surface area contributed by atoms with Gasteiger partial charge in [-0.3, -0.25) is 0 Å². The van der Waals surface area contributed by atoms with Crippen LogP contribution in [-0.2, 0) is 0 Å². The summed E-state index contributed by atoms with van der Waals surface area (Å²) in [6.45, 7) is 12.3. The first-order chi connectivity index (χ1) is 7.78. The Kier molecular flexibility index (Phi) is 5.46. The first-order valence-electron chi connectivity index (χ1n) is 7.20. The second kappa shape index (κ2) is 6.19. The Morgan fingerprint density at radius 3 is 2.47 bits per heavy atom. The van der Waals surface area contributed by atoms with E-state index in [1.54, 1.807) is 0 Å². The average Bonchev–Trinajstić information content (AvgIpc) is 2.10. The predicted octanol–water partition coefficient (Wildman–Crippen LogP) is 3.20. The third-order valence-electron chi connectivity index (χ3n) is 3.89. The molecule has 2 heteroatoms. The summed E-state index contributed by atoms with van der Waals surface area (Å²) < 4.78 is 0. The van der Waals surface area contributed by atoms with E-state index in [2.05, 4.69) is 33.0 Å². The van der Waals surface area contributed by atoms with Crippen LogP contribution in [0, 0.1) is 17.3 Å². The second-order valence-electron chi connectivity index (χ2n) is 7.21. The number of aliphatic hydroxyl groups excluding tert-OH is 1. The number of hydrogen-bond acceptors (Lipinski definition) is 2. The van der Waals surface area contributed by atoms with Gasteiger partial charge in [0, 0.05) is 6.04 Å². The first-order valence-corrected chi connectivity index (χ1v) is 7.20. The minimum absolute atomic E-state index is 0.173. The zero-order valence-electron chi connectivity index (χ0n) is 12.3. The molecule has 0 amide bonds. The summed E-state index contributed by atoms with van der Waals surface area (Å²) in [6.07, 6.45) is 4.69. The minimum Gasteiger partial charge on any atom is -0.393 e. The molecule has 102 valence electrons. The van der Waals surface area contributed by atoms with Crippen molar-refractivity contribution < 1.29 is 5.11 Å². The van der Waals surface area contributed by atoms with Crippen molar-refractivity contribution in [2.75, 3.05) is 6.54 Å². The van der Waals surface area contributed by atoms with Gasteiger partial charge in [-0.2, -0.15) is 0 Å². The van der Waals surface area contributed by atoms with Crippen LogP contribution in [0.25, 0.3) is 0 Å². The Morgan fingerprint density at radius 1 is 1.29 bits per heavy atom. The Hall–Kier alpha value is -0.0800. The number of rotatable bonds is 5. The van der Waals surface area contributed by atoms with E-state index in [0.717, 1.165) is 18.9 Å². The third kappa shape index (κ3) is 5.87. The second-order valence-corrected chi connectivity index (χ2v) is 7.21. The highest BCUT2D eigenvalue weighted by Gasteiger charge is 2.31. The SMILES string of the molecule is CC(O)CC(C)CNC1CC(C)CC(C)(C)C1. The van der Waals surface area contributed by atoms with Gasteiger partial charge in [-0.05, 0) is 56.4 Å². The first kappa shape index (κ1) is 15.0. The Bertz CT molecular complexity index is 225. The van der Waals surface area contributed by atoms with Gasteiger partial charge in [0.1, 0.15) is 0 Å². The summed E-state index contributed by atoms with van der Waals surface area (Å²) in [5.74, 6) is 1.40. The molecule has 0 heterocycles. The highest BCUT2D eigenvalue weighted by molar-refractivity contribution is 4.86. The zero-order chi connectivity index (χ0) is 13.1. The summed E-state index contributed by atoms with van der Waals surface area (Å²) in [4.78, 5) is 0. The van der Waals surface area contributed by atoms with E-state index in [1.807, 2.05) is 6.92 Å². The van der Waals surface area contributed by atoms with Crippen molar-refractivity contribution in [2.24, 2.45) is 17.3 Å². The quantitative estimate of drug-likeness (QED) is 0.775. The van der Waals surface area contributed by atoms with E-state index in [1.165, 1.54) is 19.3 Å². The molecular weight excluding hydrogens is 210 g/mol. The van der Waals surface area contributed by atoms with E-state index in [9.17, 15) is 5.11 Å². The molecule has 0 aliphatic heterocycles. The Labute approximate surface area is 107 Å². The summed E-state index contributed by atoms with van der Waals surface area (Å²) >= 11 is 0. The molecule has 2 N–H and O–H groups in total. The van der Waals surface area contributed by atoms with Gasteiger partial charge in [-0.25, -0.2) is 0 Å². The summed E-state index contributed by atoms with van der Waals surface area (Å²) in [5.41, 5.74) is 0.489. The summed E-state index contributed by atoms with van der Waals surface area (Å²) in [5, 5.41) is 13.1. The molecule has 1 aliphatic rings. The van der Waals surface area contributed by atoms with Gasteiger partial charge in [-0.1, -0.05) is 27.7 Å². The van der Waals surface area contributed by atoms with E-state index in [4.69, 9.17) is 0 Å². The van der Waals surface area contributed by atoms with E-state index >= 15 is 0 Å². The maximum absolute atomic E-state index is 9.36. The van der Waals surface area contributed by atoms with Crippen molar-refractivity contribution >= 4 is 0 Å². The monoisotopic (exact) mass is 241 g/mol. The normalized spacial score (nSPS) is 32.1. The molecule has 0 aromatic rings. The number of hydrogen-bond donors (Lipinski definition) is 2. The summed E-state index contributed by atoms with van der Waals surface area (Å²) in [6, 6.07) is 0.671. The van der Waals surface area contributed by atoms with Crippen LogP contribution in [0.15, 0.2) is 0 Å². The lowest BCUT2D eigenvalue weighted by atomic mass is 9.70. The standard InChI is InChI=1S/C15H31NO/c1-11-7-14(9-15(4,5)8-11)16-10-12(2)6-13(3)17/h11-14,16-17H,6-10H2,1-5H3. The molecule has 0 radical (unpaired) electrons. The van der Waals surface area contributed by atoms with Gasteiger partial charge in [0.15, 0.2) is 0 Å². The lowest BCUT2D eigenvalue weighted by molar-refractivity contribution is 0.138. The molecule has 17 heavy (non-hydrogen) atoms. The van der Waals surface area contributed by atoms with Crippen molar-refractivity contribution in [1.82, 2.24) is 5.32 Å². The van der Waals surface area contributed by atoms with Crippen molar-refractivity contribution in [3.05, 3.63) is 0 Å². The molecule has 0 bridgehead atoms. The van der Waals surface area contributed by atoms with Crippen LogP contribution in [0.3, 0.4) is 0 Å². The maximum Gasteiger partial charge on any atom is 0.0515 e. The lowest BCUT2D eigenvalue weighted by Gasteiger charge is -2.39. The summed E-state index contributed by atoms with van der Waals surface area (Å²) in [7, 11) is 0. The fraction of sp³-hybridized carbons (Fsp3) is 1.00. The molecule has 2 nitrogen and oxygen atoms in total. The smallest absolute Gasteiger partial charge is 0.0515 e.